The molecule has 0 saturated carbocycles. The van der Waals surface area contributed by atoms with Crippen LogP contribution in [0.2, 0.25) is 0 Å². The molecule has 0 aromatic carbocycles. The maximum Gasteiger partial charge on any atom is 0.223 e. The molecule has 16 heavy (non-hydrogen) atoms. The van der Waals surface area contributed by atoms with Crippen LogP contribution in [0.5, 0.6) is 0 Å². The van der Waals surface area contributed by atoms with Crippen LogP contribution in [0.15, 0.2) is 0 Å². The molecule has 0 aliphatic carbocycles. The lowest BCUT2D eigenvalue weighted by atomic mass is 10.1. The molecule has 0 amide bonds. The Morgan fingerprint density at radius 2 is 0.750 bits per heavy atom. The fourth-order valence-electron chi connectivity index (χ4n) is 0.760. The smallest absolute Gasteiger partial charge is 0.0962 e. The standard InChI is InChI=1S/C5HCl11/c6-2(7,5(14,15)16)1(3(8,9)10)4(11,12)13/h1H. The molecule has 0 saturated heterocycles. The average Bonchev–Trinajstić information content (AvgIpc) is 1.72. The average molecular weight is 451 g/mol. The van der Waals surface area contributed by atoms with E-state index in [0.717, 1.165) is 0 Å². The van der Waals surface area contributed by atoms with Crippen molar-refractivity contribution in [2.45, 2.75) is 15.7 Å². The zero-order chi connectivity index (χ0) is 13.6. The Kier molecular flexibility index (Phi) is 7.07. The van der Waals surface area contributed by atoms with Crippen LogP contribution in [0.25, 0.3) is 0 Å². The van der Waals surface area contributed by atoms with Gasteiger partial charge in [0.05, 0.1) is 5.92 Å². The first-order valence-electron chi connectivity index (χ1n) is 3.19. The molecular weight excluding hydrogens is 450 g/mol. The van der Waals surface area contributed by atoms with Crippen LogP contribution in [-0.4, -0.2) is 15.7 Å². The summed E-state index contributed by atoms with van der Waals surface area (Å²) in [5, 5.41) is 0. The van der Waals surface area contributed by atoms with Crippen molar-refractivity contribution in [1.82, 2.24) is 0 Å². The fourth-order valence-corrected chi connectivity index (χ4v) is 4.88. The van der Waals surface area contributed by atoms with Crippen LogP contribution < -0.4 is 0 Å². The number of hydrogen-bond donors (Lipinski definition) is 0. The molecule has 0 bridgehead atoms. The molecule has 0 aliphatic rings. The molecule has 0 atom stereocenters. The van der Waals surface area contributed by atoms with E-state index in [0.29, 0.717) is 0 Å². The molecule has 11 heteroatoms. The van der Waals surface area contributed by atoms with E-state index in [1.807, 2.05) is 0 Å². The molecule has 0 heterocycles. The summed E-state index contributed by atoms with van der Waals surface area (Å²) in [5.41, 5.74) is 0. The minimum atomic E-state index is -2.23. The van der Waals surface area contributed by atoms with Gasteiger partial charge in [0.2, 0.25) is 11.4 Å². The summed E-state index contributed by atoms with van der Waals surface area (Å²) >= 11 is 61.9. The second kappa shape index (κ2) is 5.90. The summed E-state index contributed by atoms with van der Waals surface area (Å²) in [5.74, 6) is -1.58. The first-order valence-corrected chi connectivity index (χ1v) is 7.35. The van der Waals surface area contributed by atoms with E-state index in [2.05, 4.69) is 0 Å². The van der Waals surface area contributed by atoms with Crippen molar-refractivity contribution in [3.05, 3.63) is 0 Å². The highest BCUT2D eigenvalue weighted by molar-refractivity contribution is 6.78. The Morgan fingerprint density at radius 3 is 0.812 bits per heavy atom. The summed E-state index contributed by atoms with van der Waals surface area (Å²) in [6.07, 6.45) is 0. The lowest BCUT2D eigenvalue weighted by molar-refractivity contribution is 0.479. The topological polar surface area (TPSA) is 0 Å². The predicted octanol–water partition coefficient (Wildman–Crippen LogP) is 6.89. The van der Waals surface area contributed by atoms with Crippen molar-refractivity contribution in [3.63, 3.8) is 0 Å². The first-order chi connectivity index (χ1) is 6.62. The van der Waals surface area contributed by atoms with Gasteiger partial charge in [-0.3, -0.25) is 0 Å². The van der Waals surface area contributed by atoms with Crippen LogP contribution >= 0.6 is 128 Å². The van der Waals surface area contributed by atoms with Gasteiger partial charge >= 0.3 is 0 Å². The van der Waals surface area contributed by atoms with Crippen molar-refractivity contribution in [1.29, 1.82) is 0 Å². The molecule has 0 aromatic heterocycles. The zero-order valence-corrected chi connectivity index (χ0v) is 15.1. The highest BCUT2D eigenvalue weighted by Crippen LogP contribution is 2.62. The molecule has 0 unspecified atom stereocenters. The Hall–Kier alpha value is 3.19. The Morgan fingerprint density at radius 1 is 0.500 bits per heavy atom. The number of rotatable bonds is 1. The fraction of sp³-hybridized carbons (Fsp3) is 1.00. The van der Waals surface area contributed by atoms with E-state index in [1.165, 1.54) is 0 Å². The molecule has 0 nitrogen and oxygen atoms in total. The summed E-state index contributed by atoms with van der Waals surface area (Å²) in [6.45, 7) is 0. The molecule has 0 fully saturated rings. The predicted molar refractivity (Wildman–Crippen MR) is 78.8 cm³/mol. The van der Waals surface area contributed by atoms with Gasteiger partial charge in [-0.05, 0) is 0 Å². The minimum Gasteiger partial charge on any atom is -0.0962 e. The van der Waals surface area contributed by atoms with Crippen molar-refractivity contribution >= 4 is 128 Å². The Bertz CT molecular complexity index is 225. The summed E-state index contributed by atoms with van der Waals surface area (Å²) in [4.78, 5) is 0. The summed E-state index contributed by atoms with van der Waals surface area (Å²) < 4.78 is -8.76. The van der Waals surface area contributed by atoms with Gasteiger partial charge in [0.25, 0.3) is 0 Å². The molecule has 0 rings (SSSR count). The van der Waals surface area contributed by atoms with Crippen LogP contribution in [-0.2, 0) is 0 Å². The van der Waals surface area contributed by atoms with Gasteiger partial charge in [-0.25, -0.2) is 0 Å². The van der Waals surface area contributed by atoms with Crippen molar-refractivity contribution in [3.8, 4) is 0 Å². The van der Waals surface area contributed by atoms with Crippen LogP contribution in [0.3, 0.4) is 0 Å². The van der Waals surface area contributed by atoms with Crippen molar-refractivity contribution in [2.75, 3.05) is 0 Å². The van der Waals surface area contributed by atoms with E-state index in [4.69, 9.17) is 128 Å². The third-order valence-corrected chi connectivity index (χ3v) is 5.18. The van der Waals surface area contributed by atoms with Gasteiger partial charge in [-0.1, -0.05) is 128 Å². The van der Waals surface area contributed by atoms with Crippen molar-refractivity contribution in [2.24, 2.45) is 5.92 Å². The third kappa shape index (κ3) is 4.94. The van der Waals surface area contributed by atoms with Gasteiger partial charge in [-0.2, -0.15) is 0 Å². The molecule has 0 spiro atoms. The van der Waals surface area contributed by atoms with E-state index in [-0.39, 0.29) is 0 Å². The SMILES string of the molecule is ClC(Cl)(Cl)C(C(Cl)(Cl)Cl)C(Cl)(Cl)C(Cl)(Cl)Cl. The van der Waals surface area contributed by atoms with E-state index < -0.39 is 21.6 Å². The third-order valence-electron chi connectivity index (χ3n) is 1.40. The molecule has 0 N–H and O–H groups in total. The van der Waals surface area contributed by atoms with Gasteiger partial charge in [0, 0.05) is 0 Å². The lowest BCUT2D eigenvalue weighted by Gasteiger charge is -2.42. The lowest BCUT2D eigenvalue weighted by Crippen LogP contribution is -2.51. The number of alkyl halides is 11. The van der Waals surface area contributed by atoms with Crippen LogP contribution in [0.4, 0.5) is 0 Å². The zero-order valence-electron chi connectivity index (χ0n) is 6.73. The van der Waals surface area contributed by atoms with Crippen LogP contribution in [0, 0.1) is 5.92 Å². The Balaban J connectivity index is 5.57. The van der Waals surface area contributed by atoms with Gasteiger partial charge in [-0.15, -0.1) is 0 Å². The van der Waals surface area contributed by atoms with Gasteiger partial charge < -0.3 is 0 Å². The maximum absolute atomic E-state index is 5.81. The molecular formula is C5HCl11. The normalized spacial score (nSPS) is 15.8. The Labute approximate surface area is 148 Å². The number of hydrogen-bond acceptors (Lipinski definition) is 0. The largest absolute Gasteiger partial charge is 0.223 e. The minimum absolute atomic E-state index is 1.58. The second-order valence-electron chi connectivity index (χ2n) is 2.64. The highest BCUT2D eigenvalue weighted by atomic mass is 35.6. The van der Waals surface area contributed by atoms with E-state index in [9.17, 15) is 0 Å². The maximum atomic E-state index is 5.81. The molecule has 98 valence electrons. The van der Waals surface area contributed by atoms with Gasteiger partial charge in [0.1, 0.15) is 0 Å². The molecule has 0 aromatic rings. The molecule has 0 radical (unpaired) electrons. The second-order valence-corrected chi connectivity index (χ2v) is 11.0. The van der Waals surface area contributed by atoms with Crippen molar-refractivity contribution < 1.29 is 0 Å². The van der Waals surface area contributed by atoms with E-state index >= 15 is 0 Å². The quantitative estimate of drug-likeness (QED) is 0.381. The van der Waals surface area contributed by atoms with E-state index in [1.54, 1.807) is 0 Å². The summed E-state index contributed by atoms with van der Waals surface area (Å²) in [7, 11) is 0. The summed E-state index contributed by atoms with van der Waals surface area (Å²) in [6, 6.07) is 0. The monoisotopic (exact) mass is 446 g/mol. The highest BCUT2D eigenvalue weighted by Gasteiger charge is 2.64. The number of halogens is 11. The van der Waals surface area contributed by atoms with Crippen LogP contribution in [0.1, 0.15) is 0 Å². The first kappa shape index (κ1) is 19.2. The molecule has 0 aliphatic heterocycles. The van der Waals surface area contributed by atoms with Gasteiger partial charge in [0.15, 0.2) is 4.33 Å².